The summed E-state index contributed by atoms with van der Waals surface area (Å²) in [5.74, 6) is 2.21. The average Bonchev–Trinajstić information content (AvgIpc) is 3.48. The van der Waals surface area contributed by atoms with Crippen LogP contribution in [0.5, 0.6) is 11.5 Å². The van der Waals surface area contributed by atoms with E-state index < -0.39 is 14.8 Å². The van der Waals surface area contributed by atoms with Gasteiger partial charge in [0.25, 0.3) is 5.89 Å². The van der Waals surface area contributed by atoms with Crippen molar-refractivity contribution in [2.24, 2.45) is 0 Å². The number of aromatic nitrogens is 2. The summed E-state index contributed by atoms with van der Waals surface area (Å²) in [6.45, 7) is 1.75. The van der Waals surface area contributed by atoms with Crippen LogP contribution in [0.3, 0.4) is 0 Å². The van der Waals surface area contributed by atoms with Gasteiger partial charge in [-0.25, -0.2) is 8.42 Å². The SMILES string of the molecule is COc1ccccc1-c1noc(COc2ccc(C3CCN(C(Cl)Cl)CC3OCc3ccc(S(C)(=O)=O)cc3)cc2)n1. The second-order valence-corrected chi connectivity index (χ2v) is 13.1. The molecule has 4 aromatic rings. The van der Waals surface area contributed by atoms with Crippen LogP contribution >= 0.6 is 23.2 Å². The summed E-state index contributed by atoms with van der Waals surface area (Å²) in [5, 5.41) is 4.05. The van der Waals surface area contributed by atoms with Gasteiger partial charge >= 0.3 is 0 Å². The monoisotopic (exact) mass is 631 g/mol. The molecule has 0 N–H and O–H groups in total. The minimum Gasteiger partial charge on any atom is -0.496 e. The Labute approximate surface area is 255 Å². The maximum atomic E-state index is 11.8. The summed E-state index contributed by atoms with van der Waals surface area (Å²) < 4.78 is 46.6. The van der Waals surface area contributed by atoms with E-state index >= 15 is 0 Å². The number of rotatable bonds is 11. The van der Waals surface area contributed by atoms with Crippen molar-refractivity contribution in [3.8, 4) is 22.9 Å². The first-order chi connectivity index (χ1) is 20.2. The van der Waals surface area contributed by atoms with Crippen LogP contribution in [0.15, 0.2) is 82.2 Å². The molecule has 0 bridgehead atoms. The number of methoxy groups -OCH3 is 1. The van der Waals surface area contributed by atoms with Gasteiger partial charge in [-0.05, 0) is 53.9 Å². The predicted molar refractivity (Wildman–Crippen MR) is 160 cm³/mol. The first kappa shape index (κ1) is 30.3. The lowest BCUT2D eigenvalue weighted by atomic mass is 9.87. The Balaban J connectivity index is 1.22. The molecule has 0 amide bonds. The van der Waals surface area contributed by atoms with Gasteiger partial charge in [0, 0.05) is 25.3 Å². The van der Waals surface area contributed by atoms with E-state index in [4.69, 9.17) is 41.9 Å². The molecule has 1 fully saturated rings. The molecule has 1 saturated heterocycles. The van der Waals surface area contributed by atoms with E-state index in [0.717, 1.165) is 29.7 Å². The zero-order valence-corrected chi connectivity index (χ0v) is 25.5. The van der Waals surface area contributed by atoms with Crippen molar-refractivity contribution < 1.29 is 27.2 Å². The lowest BCUT2D eigenvalue weighted by Crippen LogP contribution is -2.45. The Morgan fingerprint density at radius 2 is 1.76 bits per heavy atom. The first-order valence-electron chi connectivity index (χ1n) is 13.3. The Bertz CT molecular complexity index is 1580. The minimum absolute atomic E-state index is 0.108. The van der Waals surface area contributed by atoms with Crippen molar-refractivity contribution >= 4 is 33.0 Å². The van der Waals surface area contributed by atoms with Gasteiger partial charge in [-0.1, -0.05) is 64.8 Å². The van der Waals surface area contributed by atoms with E-state index in [-0.39, 0.29) is 23.5 Å². The minimum atomic E-state index is -3.26. The number of benzene rings is 3. The second kappa shape index (κ2) is 13.4. The fourth-order valence-corrected chi connectivity index (χ4v) is 5.90. The van der Waals surface area contributed by atoms with Gasteiger partial charge in [0.05, 0.1) is 30.3 Å². The lowest BCUT2D eigenvalue weighted by Gasteiger charge is -2.39. The summed E-state index contributed by atoms with van der Waals surface area (Å²) in [4.78, 5) is 6.05. The van der Waals surface area contributed by atoms with Crippen LogP contribution in [-0.4, -0.2) is 61.0 Å². The molecule has 222 valence electrons. The van der Waals surface area contributed by atoms with E-state index in [1.807, 2.05) is 53.4 Å². The maximum Gasteiger partial charge on any atom is 0.264 e. The number of likely N-dealkylation sites (tertiary alicyclic amines) is 1. The Morgan fingerprint density at radius 3 is 2.45 bits per heavy atom. The normalized spacial score (nSPS) is 17.8. The molecule has 2 heterocycles. The zero-order chi connectivity index (χ0) is 29.7. The number of ether oxygens (including phenoxy) is 3. The third kappa shape index (κ3) is 7.43. The summed E-state index contributed by atoms with van der Waals surface area (Å²) in [7, 11) is -1.66. The summed E-state index contributed by atoms with van der Waals surface area (Å²) in [6, 6.07) is 22.1. The van der Waals surface area contributed by atoms with Crippen molar-refractivity contribution in [3.63, 3.8) is 0 Å². The number of hydrogen-bond acceptors (Lipinski definition) is 9. The van der Waals surface area contributed by atoms with E-state index in [9.17, 15) is 8.42 Å². The number of nitrogens with zero attached hydrogens (tertiary/aromatic N) is 3. The summed E-state index contributed by atoms with van der Waals surface area (Å²) in [5.41, 5.74) is 2.73. The van der Waals surface area contributed by atoms with E-state index in [2.05, 4.69) is 10.1 Å². The molecule has 1 aromatic heterocycles. The van der Waals surface area contributed by atoms with Crippen molar-refractivity contribution in [1.82, 2.24) is 15.0 Å². The average molecular weight is 633 g/mol. The number of sulfone groups is 1. The third-order valence-corrected chi connectivity index (χ3v) is 8.85. The highest BCUT2D eigenvalue weighted by molar-refractivity contribution is 7.90. The topological polar surface area (TPSA) is 104 Å². The van der Waals surface area contributed by atoms with Crippen LogP contribution in [-0.2, 0) is 27.8 Å². The molecular weight excluding hydrogens is 601 g/mol. The van der Waals surface area contributed by atoms with Gasteiger partial charge in [-0.2, -0.15) is 4.98 Å². The molecule has 5 rings (SSSR count). The van der Waals surface area contributed by atoms with Gasteiger partial charge in [0.1, 0.15) is 11.5 Å². The molecular formula is C30H31Cl2N3O6S. The van der Waals surface area contributed by atoms with E-state index in [1.54, 1.807) is 31.4 Å². The highest BCUT2D eigenvalue weighted by atomic mass is 35.5. The summed E-state index contributed by atoms with van der Waals surface area (Å²) in [6.07, 6.45) is 1.82. The third-order valence-electron chi connectivity index (χ3n) is 7.17. The molecule has 0 aliphatic carbocycles. The number of alkyl halides is 2. The number of hydrogen-bond donors (Lipinski definition) is 0. The van der Waals surface area contributed by atoms with Crippen LogP contribution in [0.1, 0.15) is 29.4 Å². The predicted octanol–water partition coefficient (Wildman–Crippen LogP) is 5.86. The fourth-order valence-electron chi connectivity index (χ4n) is 4.91. The highest BCUT2D eigenvalue weighted by Crippen LogP contribution is 2.34. The van der Waals surface area contributed by atoms with Crippen LogP contribution in [0.25, 0.3) is 11.4 Å². The van der Waals surface area contributed by atoms with Crippen molar-refractivity contribution in [2.75, 3.05) is 26.5 Å². The highest BCUT2D eigenvalue weighted by Gasteiger charge is 2.33. The van der Waals surface area contributed by atoms with Crippen LogP contribution in [0.4, 0.5) is 0 Å². The van der Waals surface area contributed by atoms with Crippen LogP contribution in [0.2, 0.25) is 0 Å². The number of halogens is 2. The van der Waals surface area contributed by atoms with Crippen molar-refractivity contribution in [1.29, 1.82) is 0 Å². The van der Waals surface area contributed by atoms with Crippen LogP contribution in [0, 0.1) is 0 Å². The molecule has 0 saturated carbocycles. The molecule has 12 heteroatoms. The molecule has 2 atom stereocenters. The molecule has 1 aliphatic heterocycles. The van der Waals surface area contributed by atoms with Crippen LogP contribution < -0.4 is 9.47 Å². The van der Waals surface area contributed by atoms with E-state index in [0.29, 0.717) is 36.4 Å². The Hall–Kier alpha value is -3.15. The zero-order valence-electron chi connectivity index (χ0n) is 23.2. The fraction of sp³-hybridized carbons (Fsp3) is 0.333. The molecule has 2 unspecified atom stereocenters. The van der Waals surface area contributed by atoms with Gasteiger partial charge < -0.3 is 18.7 Å². The van der Waals surface area contributed by atoms with Crippen molar-refractivity contribution in [3.05, 3.63) is 89.8 Å². The Kier molecular flexibility index (Phi) is 9.70. The smallest absolute Gasteiger partial charge is 0.264 e. The number of piperidine rings is 1. The maximum absolute atomic E-state index is 11.8. The van der Waals surface area contributed by atoms with E-state index in [1.165, 1.54) is 6.26 Å². The molecule has 1 aliphatic rings. The molecule has 0 spiro atoms. The summed E-state index contributed by atoms with van der Waals surface area (Å²) >= 11 is 12.4. The second-order valence-electron chi connectivity index (χ2n) is 10.0. The molecule has 3 aromatic carbocycles. The van der Waals surface area contributed by atoms with Gasteiger partial charge in [0.2, 0.25) is 5.82 Å². The quantitative estimate of drug-likeness (QED) is 0.149. The van der Waals surface area contributed by atoms with Gasteiger partial charge in [0.15, 0.2) is 21.4 Å². The van der Waals surface area contributed by atoms with Gasteiger partial charge in [-0.15, -0.1) is 0 Å². The molecule has 0 radical (unpaired) electrons. The molecule has 42 heavy (non-hydrogen) atoms. The number of para-hydroxylation sites is 1. The first-order valence-corrected chi connectivity index (χ1v) is 16.1. The standard InChI is InChI=1S/C30H31Cl2N3O6S/c1-38-26-6-4-3-5-25(26)29-33-28(41-34-29)19-39-22-11-9-21(10-12-22)24-15-16-35(30(31)32)17-27(24)40-18-20-7-13-23(14-8-20)42(2,36)37/h3-14,24,27,30H,15-19H2,1-2H3. The largest absolute Gasteiger partial charge is 0.496 e. The Morgan fingerprint density at radius 1 is 1.02 bits per heavy atom. The molecule has 9 nitrogen and oxygen atoms in total. The van der Waals surface area contributed by atoms with Gasteiger partial charge in [-0.3, -0.25) is 4.90 Å². The van der Waals surface area contributed by atoms with Crippen molar-refractivity contribution in [2.45, 2.75) is 41.5 Å². The lowest BCUT2D eigenvalue weighted by molar-refractivity contribution is -0.0226.